The van der Waals surface area contributed by atoms with Crippen molar-refractivity contribution in [3.05, 3.63) is 29.8 Å². The third kappa shape index (κ3) is 5.73. The number of nitrogens with one attached hydrogen (secondary N) is 1. The number of rotatable bonds is 4. The average molecular weight is 321 g/mol. The molecule has 0 spiro atoms. The van der Waals surface area contributed by atoms with E-state index in [1.807, 2.05) is 32.9 Å². The van der Waals surface area contributed by atoms with Crippen LogP contribution in [0.2, 0.25) is 0 Å². The molecule has 1 aromatic carbocycles. The van der Waals surface area contributed by atoms with Gasteiger partial charge in [0.25, 0.3) is 0 Å². The van der Waals surface area contributed by atoms with Gasteiger partial charge in [-0.2, -0.15) is 0 Å². The molecule has 1 aromatic rings. The maximum Gasteiger partial charge on any atom is 0.407 e. The van der Waals surface area contributed by atoms with Crippen LogP contribution in [0.5, 0.6) is 0 Å². The standard InChI is InChI=1S/C17H27N3O3/c1-17(2,3)23-16(21)19-12-15(18)13-4-6-14(7-5-13)20-8-10-22-11-9-20/h4-7,15H,8-12,18H2,1-3H3,(H,19,21). The van der Waals surface area contributed by atoms with Crippen molar-refractivity contribution in [3.63, 3.8) is 0 Å². The van der Waals surface area contributed by atoms with E-state index in [9.17, 15) is 4.79 Å². The van der Waals surface area contributed by atoms with E-state index in [0.717, 1.165) is 31.9 Å². The van der Waals surface area contributed by atoms with Crippen molar-refractivity contribution >= 4 is 11.8 Å². The summed E-state index contributed by atoms with van der Waals surface area (Å²) in [5, 5.41) is 2.70. The molecule has 128 valence electrons. The van der Waals surface area contributed by atoms with Crippen LogP contribution in [0.4, 0.5) is 10.5 Å². The van der Waals surface area contributed by atoms with E-state index in [1.165, 1.54) is 5.69 Å². The first kappa shape index (κ1) is 17.6. The number of alkyl carbamates (subject to hydrolysis) is 1. The number of morpholine rings is 1. The van der Waals surface area contributed by atoms with Crippen molar-refractivity contribution in [2.24, 2.45) is 5.73 Å². The van der Waals surface area contributed by atoms with Gasteiger partial charge >= 0.3 is 6.09 Å². The van der Waals surface area contributed by atoms with Crippen molar-refractivity contribution < 1.29 is 14.3 Å². The first-order valence-electron chi connectivity index (χ1n) is 8.00. The summed E-state index contributed by atoms with van der Waals surface area (Å²) in [6.45, 7) is 9.18. The highest BCUT2D eigenvalue weighted by atomic mass is 16.6. The topological polar surface area (TPSA) is 76.8 Å². The minimum absolute atomic E-state index is 0.263. The number of hydrogen-bond donors (Lipinski definition) is 2. The van der Waals surface area contributed by atoms with Crippen LogP contribution in [0.1, 0.15) is 32.4 Å². The molecule has 2 rings (SSSR count). The van der Waals surface area contributed by atoms with E-state index >= 15 is 0 Å². The summed E-state index contributed by atoms with van der Waals surface area (Å²) in [5.41, 5.74) is 7.78. The predicted octanol–water partition coefficient (Wildman–Crippen LogP) is 2.05. The molecular weight excluding hydrogens is 294 g/mol. The molecule has 1 aliphatic rings. The van der Waals surface area contributed by atoms with Gasteiger partial charge in [0.1, 0.15) is 5.60 Å². The quantitative estimate of drug-likeness (QED) is 0.887. The number of carbonyl (C=O) groups excluding carboxylic acids is 1. The van der Waals surface area contributed by atoms with E-state index in [1.54, 1.807) is 0 Å². The van der Waals surface area contributed by atoms with Crippen LogP contribution >= 0.6 is 0 Å². The third-order valence-electron chi connectivity index (χ3n) is 3.56. The summed E-state index contributed by atoms with van der Waals surface area (Å²) in [6, 6.07) is 7.88. The maximum absolute atomic E-state index is 11.6. The number of nitrogens with two attached hydrogens (primary N) is 1. The highest BCUT2D eigenvalue weighted by molar-refractivity contribution is 5.67. The van der Waals surface area contributed by atoms with Crippen molar-refractivity contribution in [1.29, 1.82) is 0 Å². The van der Waals surface area contributed by atoms with E-state index in [2.05, 4.69) is 22.3 Å². The fourth-order valence-electron chi connectivity index (χ4n) is 2.38. The van der Waals surface area contributed by atoms with Gasteiger partial charge in [-0.15, -0.1) is 0 Å². The molecule has 23 heavy (non-hydrogen) atoms. The smallest absolute Gasteiger partial charge is 0.407 e. The normalized spacial score (nSPS) is 16.8. The number of nitrogens with zero attached hydrogens (tertiary/aromatic N) is 1. The van der Waals surface area contributed by atoms with E-state index < -0.39 is 11.7 Å². The molecule has 1 fully saturated rings. The van der Waals surface area contributed by atoms with E-state index in [-0.39, 0.29) is 6.04 Å². The molecule has 0 saturated carbocycles. The van der Waals surface area contributed by atoms with Gasteiger partial charge in [0, 0.05) is 31.4 Å². The molecule has 0 radical (unpaired) electrons. The summed E-state index contributed by atoms with van der Waals surface area (Å²) in [4.78, 5) is 13.9. The number of amides is 1. The van der Waals surface area contributed by atoms with Crippen molar-refractivity contribution in [1.82, 2.24) is 5.32 Å². The first-order valence-corrected chi connectivity index (χ1v) is 8.00. The zero-order valence-corrected chi connectivity index (χ0v) is 14.2. The van der Waals surface area contributed by atoms with Crippen molar-refractivity contribution in [2.75, 3.05) is 37.7 Å². The molecule has 1 aliphatic heterocycles. The van der Waals surface area contributed by atoms with E-state index in [0.29, 0.717) is 6.54 Å². The zero-order valence-electron chi connectivity index (χ0n) is 14.2. The number of ether oxygens (including phenoxy) is 2. The second kappa shape index (κ2) is 7.66. The van der Waals surface area contributed by atoms with Crippen LogP contribution in [0, 0.1) is 0 Å². The van der Waals surface area contributed by atoms with Crippen molar-refractivity contribution in [2.45, 2.75) is 32.4 Å². The monoisotopic (exact) mass is 321 g/mol. The Kier molecular flexibility index (Phi) is 5.85. The molecular formula is C17H27N3O3. The van der Waals surface area contributed by atoms with Crippen LogP contribution in [-0.2, 0) is 9.47 Å². The highest BCUT2D eigenvalue weighted by Gasteiger charge is 2.17. The van der Waals surface area contributed by atoms with Gasteiger partial charge in [-0.25, -0.2) is 4.79 Å². The highest BCUT2D eigenvalue weighted by Crippen LogP contribution is 2.19. The molecule has 0 aliphatic carbocycles. The number of carbonyl (C=O) groups is 1. The summed E-state index contributed by atoms with van der Waals surface area (Å²) >= 11 is 0. The van der Waals surface area contributed by atoms with Crippen molar-refractivity contribution in [3.8, 4) is 0 Å². The fraction of sp³-hybridized carbons (Fsp3) is 0.588. The lowest BCUT2D eigenvalue weighted by molar-refractivity contribution is 0.0524. The van der Waals surface area contributed by atoms with Crippen LogP contribution in [0.3, 0.4) is 0 Å². The summed E-state index contributed by atoms with van der Waals surface area (Å²) in [7, 11) is 0. The minimum Gasteiger partial charge on any atom is -0.444 e. The van der Waals surface area contributed by atoms with Gasteiger partial charge in [-0.1, -0.05) is 12.1 Å². The maximum atomic E-state index is 11.6. The zero-order chi connectivity index (χ0) is 16.9. The summed E-state index contributed by atoms with van der Waals surface area (Å²) in [5.74, 6) is 0. The second-order valence-electron chi connectivity index (χ2n) is 6.68. The molecule has 0 bridgehead atoms. The lowest BCUT2D eigenvalue weighted by Gasteiger charge is -2.29. The number of anilines is 1. The van der Waals surface area contributed by atoms with Crippen LogP contribution in [0.15, 0.2) is 24.3 Å². The van der Waals surface area contributed by atoms with Crippen LogP contribution in [0.25, 0.3) is 0 Å². The van der Waals surface area contributed by atoms with Gasteiger partial charge < -0.3 is 25.4 Å². The van der Waals surface area contributed by atoms with Gasteiger partial charge in [0.15, 0.2) is 0 Å². The average Bonchev–Trinajstić information content (AvgIpc) is 2.52. The molecule has 0 aromatic heterocycles. The number of hydrogen-bond acceptors (Lipinski definition) is 5. The summed E-state index contributed by atoms with van der Waals surface area (Å²) in [6.07, 6.45) is -0.446. The lowest BCUT2D eigenvalue weighted by Crippen LogP contribution is -2.37. The Morgan fingerprint density at radius 3 is 2.48 bits per heavy atom. The van der Waals surface area contributed by atoms with Gasteiger partial charge in [-0.3, -0.25) is 0 Å². The van der Waals surface area contributed by atoms with Crippen LogP contribution in [-0.4, -0.2) is 44.5 Å². The second-order valence-corrected chi connectivity index (χ2v) is 6.68. The minimum atomic E-state index is -0.506. The van der Waals surface area contributed by atoms with Gasteiger partial charge in [-0.05, 0) is 38.5 Å². The predicted molar refractivity (Wildman–Crippen MR) is 90.6 cm³/mol. The summed E-state index contributed by atoms with van der Waals surface area (Å²) < 4.78 is 10.6. The fourth-order valence-corrected chi connectivity index (χ4v) is 2.38. The largest absolute Gasteiger partial charge is 0.444 e. The van der Waals surface area contributed by atoms with Gasteiger partial charge in [0.2, 0.25) is 0 Å². The van der Waals surface area contributed by atoms with Gasteiger partial charge in [0.05, 0.1) is 13.2 Å². The Hall–Kier alpha value is -1.79. The lowest BCUT2D eigenvalue weighted by atomic mass is 10.1. The number of benzene rings is 1. The Labute approximate surface area is 137 Å². The molecule has 6 heteroatoms. The Bertz CT molecular complexity index is 505. The Morgan fingerprint density at radius 1 is 1.30 bits per heavy atom. The third-order valence-corrected chi connectivity index (χ3v) is 3.56. The molecule has 6 nitrogen and oxygen atoms in total. The van der Waals surface area contributed by atoms with E-state index in [4.69, 9.17) is 15.2 Å². The van der Waals surface area contributed by atoms with Crippen LogP contribution < -0.4 is 16.0 Å². The molecule has 3 N–H and O–H groups in total. The SMILES string of the molecule is CC(C)(C)OC(=O)NCC(N)c1ccc(N2CCOCC2)cc1. The molecule has 1 unspecified atom stereocenters. The molecule has 1 amide bonds. The Morgan fingerprint density at radius 2 is 1.91 bits per heavy atom. The molecule has 1 heterocycles. The Balaban J connectivity index is 1.85. The first-order chi connectivity index (χ1) is 10.8. The molecule has 1 saturated heterocycles. The molecule has 1 atom stereocenters.